The van der Waals surface area contributed by atoms with Crippen LogP contribution in [0.2, 0.25) is 0 Å². The number of anilines is 2. The molecule has 0 bridgehead atoms. The Kier molecular flexibility index (Phi) is 3.56. The van der Waals surface area contributed by atoms with Gasteiger partial charge in [0.05, 0.1) is 11.3 Å². The largest absolute Gasteiger partial charge is 0.479 e. The summed E-state index contributed by atoms with van der Waals surface area (Å²) in [5.41, 5.74) is 4.00. The summed E-state index contributed by atoms with van der Waals surface area (Å²) in [4.78, 5) is 24.4. The van der Waals surface area contributed by atoms with E-state index < -0.39 is 6.10 Å². The molecule has 2 aromatic rings. The van der Waals surface area contributed by atoms with E-state index in [1.54, 1.807) is 25.1 Å². The highest BCUT2D eigenvalue weighted by Crippen LogP contribution is 2.38. The van der Waals surface area contributed by atoms with Crippen molar-refractivity contribution in [1.29, 1.82) is 0 Å². The smallest absolute Gasteiger partial charge is 0.265 e. The van der Waals surface area contributed by atoms with Gasteiger partial charge in [-0.1, -0.05) is 0 Å². The molecular formula is C19H21N3O3. The number of rotatable bonds is 3. The summed E-state index contributed by atoms with van der Waals surface area (Å²) >= 11 is 0. The first-order chi connectivity index (χ1) is 11.9. The number of hydrogen-bond acceptors (Lipinski definition) is 3. The van der Waals surface area contributed by atoms with Crippen LogP contribution < -0.4 is 15.4 Å². The lowest BCUT2D eigenvalue weighted by molar-refractivity contribution is -0.122. The van der Waals surface area contributed by atoms with Gasteiger partial charge in [-0.15, -0.1) is 0 Å². The second-order valence-electron chi connectivity index (χ2n) is 6.80. The van der Waals surface area contributed by atoms with Crippen LogP contribution >= 0.6 is 0 Å². The molecular weight excluding hydrogens is 318 g/mol. The number of hydrogen-bond donors (Lipinski definition) is 2. The molecule has 1 aliphatic carbocycles. The van der Waals surface area contributed by atoms with Crippen molar-refractivity contribution in [3.05, 3.63) is 41.2 Å². The Labute approximate surface area is 146 Å². The van der Waals surface area contributed by atoms with Crippen LogP contribution in [0.15, 0.2) is 24.3 Å². The van der Waals surface area contributed by atoms with Gasteiger partial charge in [0.15, 0.2) is 6.10 Å². The molecule has 2 N–H and O–H groups in total. The van der Waals surface area contributed by atoms with Crippen LogP contribution in [0, 0.1) is 13.8 Å². The van der Waals surface area contributed by atoms with Crippen LogP contribution in [0.4, 0.5) is 11.4 Å². The van der Waals surface area contributed by atoms with Crippen LogP contribution in [0.3, 0.4) is 0 Å². The van der Waals surface area contributed by atoms with E-state index in [0.717, 1.165) is 11.4 Å². The SMILES string of the molecule is Cc1cc(C(=O)Nc2ccc3c(c2)NC(=O)[C@@H](C)O3)c(C)n1C1CC1. The van der Waals surface area contributed by atoms with E-state index in [1.165, 1.54) is 12.8 Å². The van der Waals surface area contributed by atoms with Crippen LogP contribution in [0.1, 0.15) is 47.6 Å². The molecule has 1 saturated carbocycles. The summed E-state index contributed by atoms with van der Waals surface area (Å²) < 4.78 is 7.78. The first-order valence-corrected chi connectivity index (χ1v) is 8.55. The first kappa shape index (κ1) is 15.7. The molecule has 1 fully saturated rings. The third-order valence-electron chi connectivity index (χ3n) is 4.81. The van der Waals surface area contributed by atoms with Gasteiger partial charge in [-0.3, -0.25) is 9.59 Å². The third-order valence-corrected chi connectivity index (χ3v) is 4.81. The molecule has 25 heavy (non-hydrogen) atoms. The van der Waals surface area contributed by atoms with Crippen molar-refractivity contribution in [1.82, 2.24) is 4.57 Å². The number of carbonyl (C=O) groups excluding carboxylic acids is 2. The van der Waals surface area contributed by atoms with Gasteiger partial charge in [-0.25, -0.2) is 0 Å². The third kappa shape index (κ3) is 2.77. The van der Waals surface area contributed by atoms with E-state index in [0.29, 0.717) is 28.7 Å². The molecule has 2 amide bonds. The van der Waals surface area contributed by atoms with E-state index in [2.05, 4.69) is 15.2 Å². The summed E-state index contributed by atoms with van der Waals surface area (Å²) in [5.74, 6) is 0.275. The summed E-state index contributed by atoms with van der Waals surface area (Å²) in [6.45, 7) is 5.72. The minimum Gasteiger partial charge on any atom is -0.479 e. The molecule has 6 heteroatoms. The molecule has 1 aliphatic heterocycles. The van der Waals surface area contributed by atoms with Crippen molar-refractivity contribution in [3.8, 4) is 5.75 Å². The van der Waals surface area contributed by atoms with Crippen molar-refractivity contribution in [2.75, 3.05) is 10.6 Å². The minimum absolute atomic E-state index is 0.142. The van der Waals surface area contributed by atoms with Crippen LogP contribution in [-0.2, 0) is 4.79 Å². The Morgan fingerprint density at radius 2 is 2.04 bits per heavy atom. The number of aryl methyl sites for hydroxylation is 1. The lowest BCUT2D eigenvalue weighted by atomic mass is 10.2. The number of nitrogens with zero attached hydrogens (tertiary/aromatic N) is 1. The lowest BCUT2D eigenvalue weighted by Crippen LogP contribution is -2.34. The standard InChI is InChI=1S/C19H21N3O3/c1-10-8-15(11(2)22(10)14-5-6-14)19(24)20-13-4-7-17-16(9-13)21-18(23)12(3)25-17/h4,7-9,12,14H,5-6H2,1-3H3,(H,20,24)(H,21,23)/t12-/m1/s1. The Bertz CT molecular complexity index is 880. The second-order valence-corrected chi connectivity index (χ2v) is 6.80. The highest BCUT2D eigenvalue weighted by molar-refractivity contribution is 6.06. The van der Waals surface area contributed by atoms with Crippen molar-refractivity contribution >= 4 is 23.2 Å². The van der Waals surface area contributed by atoms with E-state index in [4.69, 9.17) is 4.74 Å². The van der Waals surface area contributed by atoms with Crippen molar-refractivity contribution in [2.24, 2.45) is 0 Å². The predicted molar refractivity (Wildman–Crippen MR) is 95.3 cm³/mol. The Hall–Kier alpha value is -2.76. The van der Waals surface area contributed by atoms with Crippen LogP contribution in [-0.4, -0.2) is 22.5 Å². The fourth-order valence-electron chi connectivity index (χ4n) is 3.39. The maximum absolute atomic E-state index is 12.7. The van der Waals surface area contributed by atoms with Gasteiger partial charge in [-0.05, 0) is 57.9 Å². The molecule has 130 valence electrons. The average Bonchev–Trinajstić information content (AvgIpc) is 3.34. The number of ether oxygens (including phenoxy) is 1. The Morgan fingerprint density at radius 1 is 1.28 bits per heavy atom. The molecule has 0 unspecified atom stereocenters. The van der Waals surface area contributed by atoms with Gasteiger partial charge in [0.25, 0.3) is 11.8 Å². The van der Waals surface area contributed by atoms with Crippen molar-refractivity contribution < 1.29 is 14.3 Å². The second kappa shape index (κ2) is 5.65. The van der Waals surface area contributed by atoms with E-state index in [1.807, 2.05) is 19.9 Å². The molecule has 4 rings (SSSR count). The maximum Gasteiger partial charge on any atom is 0.265 e. The molecule has 1 aromatic carbocycles. The van der Waals surface area contributed by atoms with Crippen molar-refractivity contribution in [3.63, 3.8) is 0 Å². The van der Waals surface area contributed by atoms with Gasteiger partial charge in [0.1, 0.15) is 5.75 Å². The van der Waals surface area contributed by atoms with Gasteiger partial charge < -0.3 is 19.9 Å². The predicted octanol–water partition coefficient (Wildman–Crippen LogP) is 3.41. The number of fused-ring (bicyclic) bond motifs is 1. The molecule has 0 radical (unpaired) electrons. The molecule has 6 nitrogen and oxygen atoms in total. The Balaban J connectivity index is 1.57. The first-order valence-electron chi connectivity index (χ1n) is 8.55. The monoisotopic (exact) mass is 339 g/mol. The minimum atomic E-state index is -0.513. The summed E-state index contributed by atoms with van der Waals surface area (Å²) in [6.07, 6.45) is 1.85. The number of aromatic nitrogens is 1. The number of benzene rings is 1. The number of nitrogens with one attached hydrogen (secondary N) is 2. The zero-order chi connectivity index (χ0) is 17.7. The topological polar surface area (TPSA) is 72.4 Å². The van der Waals surface area contributed by atoms with Crippen molar-refractivity contribution in [2.45, 2.75) is 45.8 Å². The average molecular weight is 339 g/mol. The van der Waals surface area contributed by atoms with E-state index in [-0.39, 0.29) is 11.8 Å². The van der Waals surface area contributed by atoms with Gasteiger partial charge >= 0.3 is 0 Å². The quantitative estimate of drug-likeness (QED) is 0.900. The zero-order valence-electron chi connectivity index (χ0n) is 14.6. The normalized spacial score (nSPS) is 19.0. The van der Waals surface area contributed by atoms with Gasteiger partial charge in [0, 0.05) is 23.1 Å². The summed E-state index contributed by atoms with van der Waals surface area (Å²) in [6, 6.07) is 7.74. The fraction of sp³-hybridized carbons (Fsp3) is 0.368. The number of carbonyl (C=O) groups is 2. The summed E-state index contributed by atoms with van der Waals surface area (Å²) in [5, 5.41) is 5.71. The highest BCUT2D eigenvalue weighted by atomic mass is 16.5. The molecule has 1 aromatic heterocycles. The molecule has 0 spiro atoms. The summed E-state index contributed by atoms with van der Waals surface area (Å²) in [7, 11) is 0. The highest BCUT2D eigenvalue weighted by Gasteiger charge is 2.28. The lowest BCUT2D eigenvalue weighted by Gasteiger charge is -2.23. The van der Waals surface area contributed by atoms with Crippen LogP contribution in [0.5, 0.6) is 5.75 Å². The van der Waals surface area contributed by atoms with Gasteiger partial charge in [-0.2, -0.15) is 0 Å². The van der Waals surface area contributed by atoms with E-state index in [9.17, 15) is 9.59 Å². The Morgan fingerprint density at radius 3 is 2.76 bits per heavy atom. The molecule has 2 aliphatic rings. The van der Waals surface area contributed by atoms with E-state index >= 15 is 0 Å². The molecule has 0 saturated heterocycles. The number of amides is 2. The van der Waals surface area contributed by atoms with Gasteiger partial charge in [0.2, 0.25) is 0 Å². The fourth-order valence-corrected chi connectivity index (χ4v) is 3.39. The molecule has 2 heterocycles. The zero-order valence-corrected chi connectivity index (χ0v) is 14.6. The molecule has 1 atom stereocenters. The maximum atomic E-state index is 12.7. The van der Waals surface area contributed by atoms with Crippen LogP contribution in [0.25, 0.3) is 0 Å².